The first-order valence-corrected chi connectivity index (χ1v) is 10.3. The summed E-state index contributed by atoms with van der Waals surface area (Å²) in [5.41, 5.74) is 1.62. The van der Waals surface area contributed by atoms with Gasteiger partial charge in [-0.2, -0.15) is 0 Å². The Hall–Kier alpha value is -3.17. The van der Waals surface area contributed by atoms with E-state index in [2.05, 4.69) is 5.32 Å². The number of carbonyl (C=O) groups is 1. The van der Waals surface area contributed by atoms with E-state index in [9.17, 15) is 18.0 Å². The summed E-state index contributed by atoms with van der Waals surface area (Å²) in [6, 6.07) is 12.6. The molecule has 0 saturated carbocycles. The Morgan fingerprint density at radius 2 is 1.86 bits per heavy atom. The molecular weight excluding hydrogens is 396 g/mol. The molecule has 3 rings (SSSR count). The molecule has 0 fully saturated rings. The molecule has 0 aliphatic heterocycles. The molecule has 0 aliphatic rings. The van der Waals surface area contributed by atoms with Crippen molar-refractivity contribution in [3.8, 4) is 5.75 Å². The molecule has 9 heteroatoms. The molecule has 2 aromatic carbocycles. The number of sulfonamides is 1. The van der Waals surface area contributed by atoms with Crippen molar-refractivity contribution in [3.05, 3.63) is 70.1 Å². The quantitative estimate of drug-likeness (QED) is 0.562. The van der Waals surface area contributed by atoms with Crippen molar-refractivity contribution in [1.82, 2.24) is 5.32 Å². The van der Waals surface area contributed by atoms with Crippen LogP contribution in [0.2, 0.25) is 0 Å². The zero-order chi connectivity index (χ0) is 21.0. The molecule has 29 heavy (non-hydrogen) atoms. The lowest BCUT2D eigenvalue weighted by atomic mass is 10.1. The third kappa shape index (κ3) is 5.43. The molecule has 0 spiro atoms. The highest BCUT2D eigenvalue weighted by Gasteiger charge is 2.08. The lowest BCUT2D eigenvalue weighted by Gasteiger charge is -2.09. The highest BCUT2D eigenvalue weighted by atomic mass is 32.2. The molecule has 0 aliphatic carbocycles. The maximum absolute atomic E-state index is 12.0. The number of rotatable bonds is 7. The van der Waals surface area contributed by atoms with E-state index < -0.39 is 15.6 Å². The predicted molar refractivity (Wildman–Crippen MR) is 107 cm³/mol. The Bertz CT molecular complexity index is 1200. The number of nitrogens with one attached hydrogen (secondary N) is 1. The summed E-state index contributed by atoms with van der Waals surface area (Å²) < 4.78 is 33.1. The third-order valence-electron chi connectivity index (χ3n) is 4.28. The number of ether oxygens (including phenoxy) is 1. The Kier molecular flexibility index (Phi) is 6.00. The molecule has 8 nitrogen and oxygen atoms in total. The molecule has 152 valence electrons. The van der Waals surface area contributed by atoms with Crippen molar-refractivity contribution < 1.29 is 22.4 Å². The van der Waals surface area contributed by atoms with E-state index in [1.807, 2.05) is 6.92 Å². The number of hydrogen-bond acceptors (Lipinski definition) is 6. The van der Waals surface area contributed by atoms with Crippen LogP contribution in [0.15, 0.2) is 62.6 Å². The Balaban J connectivity index is 1.50. The number of aryl methyl sites for hydroxylation is 1. The normalized spacial score (nSPS) is 11.4. The van der Waals surface area contributed by atoms with Gasteiger partial charge in [0.25, 0.3) is 5.91 Å². The van der Waals surface area contributed by atoms with Crippen LogP contribution in [0.5, 0.6) is 5.75 Å². The topological polar surface area (TPSA) is 129 Å². The third-order valence-corrected chi connectivity index (χ3v) is 5.21. The first kappa shape index (κ1) is 20.6. The molecule has 0 saturated heterocycles. The van der Waals surface area contributed by atoms with Crippen LogP contribution in [-0.4, -0.2) is 27.5 Å². The number of amides is 1. The molecule has 0 radical (unpaired) electrons. The second-order valence-electron chi connectivity index (χ2n) is 6.48. The van der Waals surface area contributed by atoms with Crippen LogP contribution in [0.25, 0.3) is 11.0 Å². The maximum Gasteiger partial charge on any atom is 0.336 e. The molecular formula is C20H20N2O6S. The van der Waals surface area contributed by atoms with Gasteiger partial charge in [-0.3, -0.25) is 4.79 Å². The van der Waals surface area contributed by atoms with Gasteiger partial charge in [-0.15, -0.1) is 0 Å². The zero-order valence-corrected chi connectivity index (χ0v) is 16.5. The minimum atomic E-state index is -3.72. The largest absolute Gasteiger partial charge is 0.484 e. The molecule has 3 aromatic rings. The van der Waals surface area contributed by atoms with Crippen LogP contribution >= 0.6 is 0 Å². The van der Waals surface area contributed by atoms with Gasteiger partial charge in [-0.1, -0.05) is 12.1 Å². The summed E-state index contributed by atoms with van der Waals surface area (Å²) in [5, 5.41) is 8.58. The van der Waals surface area contributed by atoms with E-state index in [0.29, 0.717) is 24.3 Å². The van der Waals surface area contributed by atoms with Crippen LogP contribution in [0.1, 0.15) is 11.1 Å². The standard InChI is InChI=1S/C20H20N2O6S/c1-13-10-20(24)28-18-11-15(4-7-17(13)18)27-12-19(23)22-9-8-14-2-5-16(6-3-14)29(21,25)26/h2-7,10-11H,8-9,12H2,1H3,(H,22,23)(H2,21,25,26). The van der Waals surface area contributed by atoms with Crippen molar-refractivity contribution in [2.24, 2.45) is 5.14 Å². The molecule has 0 unspecified atom stereocenters. The number of hydrogen-bond donors (Lipinski definition) is 2. The van der Waals surface area contributed by atoms with Gasteiger partial charge in [0.05, 0.1) is 4.90 Å². The SMILES string of the molecule is Cc1cc(=O)oc2cc(OCC(=O)NCCc3ccc(S(N)(=O)=O)cc3)ccc12. The Morgan fingerprint density at radius 3 is 2.55 bits per heavy atom. The van der Waals surface area contributed by atoms with E-state index in [4.69, 9.17) is 14.3 Å². The van der Waals surface area contributed by atoms with E-state index in [1.165, 1.54) is 18.2 Å². The number of carbonyl (C=O) groups excluding carboxylic acids is 1. The lowest BCUT2D eigenvalue weighted by Crippen LogP contribution is -2.30. The van der Waals surface area contributed by atoms with Crippen LogP contribution in [0, 0.1) is 6.92 Å². The van der Waals surface area contributed by atoms with Gasteiger partial charge in [0, 0.05) is 24.1 Å². The first-order chi connectivity index (χ1) is 13.7. The van der Waals surface area contributed by atoms with Crippen LogP contribution in [0.4, 0.5) is 0 Å². The molecule has 0 bridgehead atoms. The second-order valence-corrected chi connectivity index (χ2v) is 8.05. The monoisotopic (exact) mass is 416 g/mol. The van der Waals surface area contributed by atoms with E-state index in [-0.39, 0.29) is 17.4 Å². The maximum atomic E-state index is 12.0. The minimum absolute atomic E-state index is 0.0418. The van der Waals surface area contributed by atoms with Gasteiger partial charge in [-0.25, -0.2) is 18.4 Å². The molecule has 1 aromatic heterocycles. The van der Waals surface area contributed by atoms with Crippen LogP contribution in [-0.2, 0) is 21.2 Å². The molecule has 1 heterocycles. The Morgan fingerprint density at radius 1 is 1.14 bits per heavy atom. The molecule has 0 atom stereocenters. The van der Waals surface area contributed by atoms with E-state index >= 15 is 0 Å². The summed E-state index contributed by atoms with van der Waals surface area (Å²) in [5.74, 6) is 0.108. The van der Waals surface area contributed by atoms with Gasteiger partial charge in [-0.05, 0) is 48.7 Å². The molecule has 3 N–H and O–H groups in total. The zero-order valence-electron chi connectivity index (χ0n) is 15.7. The molecule has 1 amide bonds. The fraction of sp³-hybridized carbons (Fsp3) is 0.200. The number of nitrogens with two attached hydrogens (primary N) is 1. The van der Waals surface area contributed by atoms with Crippen molar-refractivity contribution in [1.29, 1.82) is 0 Å². The smallest absolute Gasteiger partial charge is 0.336 e. The van der Waals surface area contributed by atoms with Crippen LogP contribution < -0.4 is 20.8 Å². The summed E-state index contributed by atoms with van der Waals surface area (Å²) in [7, 11) is -3.72. The van der Waals surface area contributed by atoms with Crippen molar-refractivity contribution in [2.75, 3.05) is 13.2 Å². The highest BCUT2D eigenvalue weighted by molar-refractivity contribution is 7.89. The van der Waals surface area contributed by atoms with Crippen molar-refractivity contribution in [2.45, 2.75) is 18.2 Å². The first-order valence-electron chi connectivity index (χ1n) is 8.78. The summed E-state index contributed by atoms with van der Waals surface area (Å²) in [4.78, 5) is 23.5. The summed E-state index contributed by atoms with van der Waals surface area (Å²) >= 11 is 0. The number of benzene rings is 2. The lowest BCUT2D eigenvalue weighted by molar-refractivity contribution is -0.123. The van der Waals surface area contributed by atoms with E-state index in [0.717, 1.165) is 16.5 Å². The number of fused-ring (bicyclic) bond motifs is 1. The fourth-order valence-corrected chi connectivity index (χ4v) is 3.30. The van der Waals surface area contributed by atoms with Gasteiger partial charge < -0.3 is 14.5 Å². The summed E-state index contributed by atoms with van der Waals surface area (Å²) in [6.45, 7) is 1.99. The van der Waals surface area contributed by atoms with Crippen molar-refractivity contribution >= 4 is 26.9 Å². The predicted octanol–water partition coefficient (Wildman–Crippen LogP) is 1.49. The summed E-state index contributed by atoms with van der Waals surface area (Å²) in [6.07, 6.45) is 0.525. The van der Waals surface area contributed by atoms with Gasteiger partial charge in [0.15, 0.2) is 6.61 Å². The van der Waals surface area contributed by atoms with Crippen LogP contribution in [0.3, 0.4) is 0 Å². The van der Waals surface area contributed by atoms with Gasteiger partial charge >= 0.3 is 5.63 Å². The van der Waals surface area contributed by atoms with E-state index in [1.54, 1.807) is 30.3 Å². The number of primary sulfonamides is 1. The van der Waals surface area contributed by atoms with Gasteiger partial charge in [0.1, 0.15) is 11.3 Å². The average molecular weight is 416 g/mol. The second kappa shape index (κ2) is 8.46. The fourth-order valence-electron chi connectivity index (χ4n) is 2.79. The Labute approximate surface area is 167 Å². The van der Waals surface area contributed by atoms with Gasteiger partial charge in [0.2, 0.25) is 10.0 Å². The minimum Gasteiger partial charge on any atom is -0.484 e. The van der Waals surface area contributed by atoms with Crippen molar-refractivity contribution in [3.63, 3.8) is 0 Å². The highest BCUT2D eigenvalue weighted by Crippen LogP contribution is 2.22. The average Bonchev–Trinajstić information content (AvgIpc) is 2.65.